The van der Waals surface area contributed by atoms with E-state index in [1.165, 1.54) is 24.3 Å². The Kier molecular flexibility index (Phi) is 4.81. The second-order valence-corrected chi connectivity index (χ2v) is 6.79. The highest BCUT2D eigenvalue weighted by molar-refractivity contribution is 5.66. The smallest absolute Gasteiger partial charge is 0.220 e. The van der Waals surface area contributed by atoms with Gasteiger partial charge in [-0.3, -0.25) is 4.90 Å². The lowest BCUT2D eigenvalue weighted by atomic mass is 9.99. The lowest BCUT2D eigenvalue weighted by molar-refractivity contribution is 0.245. The molecule has 1 aromatic heterocycles. The lowest BCUT2D eigenvalue weighted by Gasteiger charge is -2.26. The number of halogens is 2. The standard InChI is InChI=1S/C21H20F2N4/c22-16-7-3-14(4-8-16)13-27-11-1-2-19(27)20-18(12-25-21(24)26-20)15-5-9-17(23)10-6-15/h3-10,12,19H,1-2,11,13H2,(H2,24,25,26). The van der Waals surface area contributed by atoms with E-state index in [9.17, 15) is 8.78 Å². The van der Waals surface area contributed by atoms with E-state index >= 15 is 0 Å². The first-order valence-electron chi connectivity index (χ1n) is 8.97. The first-order chi connectivity index (χ1) is 13.1. The molecule has 0 aliphatic carbocycles. The summed E-state index contributed by atoms with van der Waals surface area (Å²) in [5.74, 6) is -0.293. The van der Waals surface area contributed by atoms with Crippen LogP contribution in [0.15, 0.2) is 54.7 Å². The summed E-state index contributed by atoms with van der Waals surface area (Å²) in [6.07, 6.45) is 3.70. The molecule has 0 saturated carbocycles. The Morgan fingerprint density at radius 1 is 1.00 bits per heavy atom. The molecule has 3 aromatic rings. The predicted octanol–water partition coefficient (Wildman–Crippen LogP) is 4.34. The summed E-state index contributed by atoms with van der Waals surface area (Å²) in [5.41, 5.74) is 9.50. The molecule has 2 aromatic carbocycles. The molecule has 4 nitrogen and oxygen atoms in total. The molecule has 2 heterocycles. The van der Waals surface area contributed by atoms with Crippen LogP contribution in [0.2, 0.25) is 0 Å². The number of hydrogen-bond donors (Lipinski definition) is 1. The summed E-state index contributed by atoms with van der Waals surface area (Å²) in [6.45, 7) is 1.63. The van der Waals surface area contributed by atoms with Gasteiger partial charge in [0.05, 0.1) is 11.7 Å². The van der Waals surface area contributed by atoms with E-state index in [1.807, 2.05) is 0 Å². The van der Waals surface area contributed by atoms with Gasteiger partial charge in [0.25, 0.3) is 0 Å². The lowest BCUT2D eigenvalue weighted by Crippen LogP contribution is -2.24. The third kappa shape index (κ3) is 3.80. The maximum absolute atomic E-state index is 13.3. The fourth-order valence-electron chi connectivity index (χ4n) is 3.66. The Hall–Kier alpha value is -2.86. The molecule has 0 bridgehead atoms. The van der Waals surface area contributed by atoms with Gasteiger partial charge >= 0.3 is 0 Å². The minimum atomic E-state index is -0.282. The first-order valence-corrected chi connectivity index (χ1v) is 8.97. The molecule has 27 heavy (non-hydrogen) atoms. The van der Waals surface area contributed by atoms with E-state index in [4.69, 9.17) is 5.73 Å². The van der Waals surface area contributed by atoms with Gasteiger partial charge in [-0.05, 0) is 54.8 Å². The molecule has 1 aliphatic heterocycles. The number of rotatable bonds is 4. The largest absolute Gasteiger partial charge is 0.368 e. The summed E-state index contributed by atoms with van der Waals surface area (Å²) in [6, 6.07) is 13.0. The maximum Gasteiger partial charge on any atom is 0.220 e. The van der Waals surface area contributed by atoms with Crippen molar-refractivity contribution in [2.45, 2.75) is 25.4 Å². The van der Waals surface area contributed by atoms with Crippen LogP contribution in [0, 0.1) is 11.6 Å². The van der Waals surface area contributed by atoms with Crippen LogP contribution in [0.5, 0.6) is 0 Å². The average molecular weight is 366 g/mol. The quantitative estimate of drug-likeness (QED) is 0.746. The molecule has 1 atom stereocenters. The van der Waals surface area contributed by atoms with Gasteiger partial charge in [-0.25, -0.2) is 18.7 Å². The van der Waals surface area contributed by atoms with Crippen molar-refractivity contribution < 1.29 is 8.78 Å². The van der Waals surface area contributed by atoms with Crippen LogP contribution in [-0.2, 0) is 6.54 Å². The third-order valence-corrected chi connectivity index (χ3v) is 4.97. The van der Waals surface area contributed by atoms with Crippen molar-refractivity contribution in [2.24, 2.45) is 0 Å². The molecular weight excluding hydrogens is 346 g/mol. The molecule has 138 valence electrons. The van der Waals surface area contributed by atoms with Gasteiger partial charge < -0.3 is 5.73 Å². The Morgan fingerprint density at radius 2 is 1.67 bits per heavy atom. The van der Waals surface area contributed by atoms with E-state index in [-0.39, 0.29) is 23.6 Å². The molecular formula is C21H20F2N4. The van der Waals surface area contributed by atoms with Crippen molar-refractivity contribution in [3.63, 3.8) is 0 Å². The highest BCUT2D eigenvalue weighted by atomic mass is 19.1. The van der Waals surface area contributed by atoms with Crippen LogP contribution < -0.4 is 5.73 Å². The highest BCUT2D eigenvalue weighted by Crippen LogP contribution is 2.37. The zero-order valence-corrected chi connectivity index (χ0v) is 14.8. The van der Waals surface area contributed by atoms with Crippen LogP contribution in [-0.4, -0.2) is 21.4 Å². The van der Waals surface area contributed by atoms with Gasteiger partial charge in [-0.1, -0.05) is 24.3 Å². The number of likely N-dealkylation sites (tertiary alicyclic amines) is 1. The van der Waals surface area contributed by atoms with Crippen molar-refractivity contribution >= 4 is 5.95 Å². The minimum Gasteiger partial charge on any atom is -0.368 e. The number of nitrogens with zero attached hydrogens (tertiary/aromatic N) is 3. The van der Waals surface area contributed by atoms with E-state index in [1.54, 1.807) is 30.5 Å². The highest BCUT2D eigenvalue weighted by Gasteiger charge is 2.29. The Bertz CT molecular complexity index is 926. The molecule has 1 aliphatic rings. The number of anilines is 1. The summed E-state index contributed by atoms with van der Waals surface area (Å²) >= 11 is 0. The molecule has 1 unspecified atom stereocenters. The summed E-state index contributed by atoms with van der Waals surface area (Å²) in [4.78, 5) is 11.0. The summed E-state index contributed by atoms with van der Waals surface area (Å²) < 4.78 is 26.5. The van der Waals surface area contributed by atoms with Crippen molar-refractivity contribution in [1.82, 2.24) is 14.9 Å². The molecule has 4 rings (SSSR count). The number of hydrogen-bond acceptors (Lipinski definition) is 4. The summed E-state index contributed by atoms with van der Waals surface area (Å²) in [7, 11) is 0. The Balaban J connectivity index is 1.67. The van der Waals surface area contributed by atoms with Gasteiger partial charge in [0.15, 0.2) is 0 Å². The predicted molar refractivity (Wildman–Crippen MR) is 101 cm³/mol. The zero-order valence-electron chi connectivity index (χ0n) is 14.8. The normalized spacial score (nSPS) is 17.3. The maximum atomic E-state index is 13.3. The van der Waals surface area contributed by atoms with E-state index in [2.05, 4.69) is 14.9 Å². The van der Waals surface area contributed by atoms with E-state index < -0.39 is 0 Å². The van der Waals surface area contributed by atoms with Crippen LogP contribution in [0.25, 0.3) is 11.1 Å². The molecule has 1 fully saturated rings. The Morgan fingerprint density at radius 3 is 2.37 bits per heavy atom. The topological polar surface area (TPSA) is 55.0 Å². The summed E-state index contributed by atoms with van der Waals surface area (Å²) in [5, 5.41) is 0. The Labute approximate surface area is 156 Å². The van der Waals surface area contributed by atoms with Gasteiger partial charge in [-0.15, -0.1) is 0 Å². The minimum absolute atomic E-state index is 0.0837. The molecule has 1 saturated heterocycles. The SMILES string of the molecule is Nc1ncc(-c2ccc(F)cc2)c(C2CCCN2Cc2ccc(F)cc2)n1. The molecule has 0 spiro atoms. The van der Waals surface area contributed by atoms with Crippen LogP contribution in [0.1, 0.15) is 30.1 Å². The second kappa shape index (κ2) is 7.40. The number of aromatic nitrogens is 2. The molecule has 2 N–H and O–H groups in total. The van der Waals surface area contributed by atoms with Gasteiger partial charge in [-0.2, -0.15) is 0 Å². The van der Waals surface area contributed by atoms with Gasteiger partial charge in [0.1, 0.15) is 11.6 Å². The van der Waals surface area contributed by atoms with E-state index in [0.717, 1.165) is 41.8 Å². The van der Waals surface area contributed by atoms with Crippen molar-refractivity contribution in [1.29, 1.82) is 0 Å². The van der Waals surface area contributed by atoms with Crippen LogP contribution in [0.3, 0.4) is 0 Å². The van der Waals surface area contributed by atoms with Crippen LogP contribution >= 0.6 is 0 Å². The average Bonchev–Trinajstić information content (AvgIpc) is 3.12. The van der Waals surface area contributed by atoms with Gasteiger partial charge in [0, 0.05) is 18.3 Å². The van der Waals surface area contributed by atoms with Crippen molar-refractivity contribution in [3.05, 3.63) is 77.6 Å². The molecule has 0 amide bonds. The second-order valence-electron chi connectivity index (χ2n) is 6.79. The number of benzene rings is 2. The van der Waals surface area contributed by atoms with Crippen LogP contribution in [0.4, 0.5) is 14.7 Å². The zero-order chi connectivity index (χ0) is 18.8. The number of nitrogens with two attached hydrogens (primary N) is 1. The fourth-order valence-corrected chi connectivity index (χ4v) is 3.66. The van der Waals surface area contributed by atoms with Gasteiger partial charge in [0.2, 0.25) is 5.95 Å². The monoisotopic (exact) mass is 366 g/mol. The molecule has 6 heteroatoms. The third-order valence-electron chi connectivity index (χ3n) is 4.97. The fraction of sp³-hybridized carbons (Fsp3) is 0.238. The number of nitrogen functional groups attached to an aromatic ring is 1. The van der Waals surface area contributed by atoms with E-state index in [0.29, 0.717) is 6.54 Å². The van der Waals surface area contributed by atoms with Crippen molar-refractivity contribution in [3.8, 4) is 11.1 Å². The van der Waals surface area contributed by atoms with Crippen molar-refractivity contribution in [2.75, 3.05) is 12.3 Å². The first kappa shape index (κ1) is 17.5. The molecule has 0 radical (unpaired) electrons.